The number of benzene rings is 2. The van der Waals surface area contributed by atoms with E-state index in [4.69, 9.17) is 4.52 Å². The summed E-state index contributed by atoms with van der Waals surface area (Å²) in [5.74, 6) is 0.656. The van der Waals surface area contributed by atoms with Crippen LogP contribution in [0.4, 0.5) is 5.69 Å². The molecule has 1 fully saturated rings. The van der Waals surface area contributed by atoms with Gasteiger partial charge in [-0.25, -0.2) is 0 Å². The number of rotatable bonds is 4. The molecule has 3 aromatic rings. The van der Waals surface area contributed by atoms with Gasteiger partial charge < -0.3 is 14.7 Å². The summed E-state index contributed by atoms with van der Waals surface area (Å²) >= 11 is 0. The predicted octanol–water partition coefficient (Wildman–Crippen LogP) is 3.91. The highest BCUT2D eigenvalue weighted by Gasteiger charge is 2.20. The lowest BCUT2D eigenvalue weighted by molar-refractivity contribution is -0.114. The van der Waals surface area contributed by atoms with E-state index < -0.39 is 0 Å². The summed E-state index contributed by atoms with van der Waals surface area (Å²) in [5, 5.41) is 6.87. The van der Waals surface area contributed by atoms with Gasteiger partial charge in [-0.1, -0.05) is 23.4 Å². The molecular weight excluding hydrogens is 368 g/mol. The van der Waals surface area contributed by atoms with Gasteiger partial charge in [0.25, 0.3) is 11.8 Å². The molecule has 7 nitrogen and oxygen atoms in total. The van der Waals surface area contributed by atoms with Crippen molar-refractivity contribution < 1.29 is 14.1 Å². The monoisotopic (exact) mass is 390 g/mol. The number of carbonyl (C=O) groups is 2. The number of aryl methyl sites for hydroxylation is 1. The summed E-state index contributed by atoms with van der Waals surface area (Å²) in [6.45, 7) is 4.99. The Morgan fingerprint density at radius 2 is 1.86 bits per heavy atom. The van der Waals surface area contributed by atoms with Gasteiger partial charge in [0.2, 0.25) is 11.7 Å². The van der Waals surface area contributed by atoms with Crippen LogP contribution in [-0.4, -0.2) is 39.9 Å². The molecule has 0 radical (unpaired) electrons. The molecule has 2 aromatic carbocycles. The Kier molecular flexibility index (Phi) is 5.12. The van der Waals surface area contributed by atoms with Crippen molar-refractivity contribution in [3.8, 4) is 22.8 Å². The van der Waals surface area contributed by atoms with Gasteiger partial charge in [-0.15, -0.1) is 0 Å². The molecule has 1 N–H and O–H groups in total. The summed E-state index contributed by atoms with van der Waals surface area (Å²) in [4.78, 5) is 30.4. The molecule has 0 unspecified atom stereocenters. The number of aromatic nitrogens is 2. The van der Waals surface area contributed by atoms with Crippen molar-refractivity contribution in [2.45, 2.75) is 26.7 Å². The normalized spacial score (nSPS) is 13.5. The number of hydrogen-bond acceptors (Lipinski definition) is 5. The maximum Gasteiger partial charge on any atom is 0.258 e. The quantitative estimate of drug-likeness (QED) is 0.730. The maximum atomic E-state index is 12.6. The first-order chi connectivity index (χ1) is 14.0. The van der Waals surface area contributed by atoms with Gasteiger partial charge in [-0.05, 0) is 49.6 Å². The third-order valence-electron chi connectivity index (χ3n) is 4.98. The number of carbonyl (C=O) groups excluding carboxylic acids is 2. The lowest BCUT2D eigenvalue weighted by atomic mass is 10.1. The van der Waals surface area contributed by atoms with Crippen LogP contribution in [-0.2, 0) is 4.79 Å². The molecule has 1 aliphatic rings. The Balaban J connectivity index is 1.60. The van der Waals surface area contributed by atoms with Crippen molar-refractivity contribution in [1.82, 2.24) is 15.0 Å². The van der Waals surface area contributed by atoms with E-state index in [1.54, 1.807) is 12.1 Å². The zero-order valence-electron chi connectivity index (χ0n) is 16.4. The molecule has 4 rings (SSSR count). The topological polar surface area (TPSA) is 88.3 Å². The SMILES string of the molecule is CC(=O)Nc1cc(-c2nc(-c3cccc(C(=O)N4CCCC4)c3)no2)ccc1C. The highest BCUT2D eigenvalue weighted by Crippen LogP contribution is 2.27. The van der Waals surface area contributed by atoms with E-state index in [1.165, 1.54) is 6.92 Å². The number of likely N-dealkylation sites (tertiary alicyclic amines) is 1. The minimum atomic E-state index is -0.143. The second kappa shape index (κ2) is 7.87. The molecule has 0 atom stereocenters. The molecular formula is C22H22N4O3. The molecule has 0 saturated carbocycles. The molecule has 2 amide bonds. The number of nitrogens with one attached hydrogen (secondary N) is 1. The largest absolute Gasteiger partial charge is 0.339 e. The summed E-state index contributed by atoms with van der Waals surface area (Å²) in [5.41, 5.74) is 3.70. The van der Waals surface area contributed by atoms with Crippen LogP contribution >= 0.6 is 0 Å². The maximum absolute atomic E-state index is 12.6. The summed E-state index contributed by atoms with van der Waals surface area (Å²) in [6.07, 6.45) is 2.10. The molecule has 0 bridgehead atoms. The van der Waals surface area contributed by atoms with E-state index in [9.17, 15) is 9.59 Å². The van der Waals surface area contributed by atoms with Gasteiger partial charge in [-0.3, -0.25) is 9.59 Å². The Bertz CT molecular complexity index is 1070. The number of nitrogens with zero attached hydrogens (tertiary/aromatic N) is 3. The van der Waals surface area contributed by atoms with Gasteiger partial charge >= 0.3 is 0 Å². The fourth-order valence-electron chi connectivity index (χ4n) is 3.43. The van der Waals surface area contributed by atoms with Gasteiger partial charge in [0, 0.05) is 42.4 Å². The Labute approximate surface area is 168 Å². The minimum absolute atomic E-state index is 0.0338. The Morgan fingerprint density at radius 3 is 2.62 bits per heavy atom. The number of amides is 2. The summed E-state index contributed by atoms with van der Waals surface area (Å²) < 4.78 is 5.44. The third kappa shape index (κ3) is 4.03. The zero-order chi connectivity index (χ0) is 20.4. The highest BCUT2D eigenvalue weighted by molar-refractivity contribution is 5.95. The van der Waals surface area contributed by atoms with E-state index >= 15 is 0 Å². The van der Waals surface area contributed by atoms with Crippen LogP contribution in [0.3, 0.4) is 0 Å². The molecule has 1 saturated heterocycles. The fraction of sp³-hybridized carbons (Fsp3) is 0.273. The van der Waals surface area contributed by atoms with Crippen LogP contribution in [0, 0.1) is 6.92 Å². The van der Waals surface area contributed by atoms with Crippen LogP contribution in [0.2, 0.25) is 0 Å². The van der Waals surface area contributed by atoms with Gasteiger partial charge in [0.05, 0.1) is 0 Å². The smallest absolute Gasteiger partial charge is 0.258 e. The fourth-order valence-corrected chi connectivity index (χ4v) is 3.43. The summed E-state index contributed by atoms with van der Waals surface area (Å²) in [6, 6.07) is 12.9. The highest BCUT2D eigenvalue weighted by atomic mass is 16.5. The molecule has 0 aliphatic carbocycles. The van der Waals surface area contributed by atoms with Crippen LogP contribution in [0.5, 0.6) is 0 Å². The first-order valence-corrected chi connectivity index (χ1v) is 9.63. The van der Waals surface area contributed by atoms with E-state index in [-0.39, 0.29) is 11.8 Å². The van der Waals surface area contributed by atoms with Crippen molar-refractivity contribution in [1.29, 1.82) is 0 Å². The molecule has 0 spiro atoms. The minimum Gasteiger partial charge on any atom is -0.339 e. The van der Waals surface area contributed by atoms with E-state index in [1.807, 2.05) is 42.2 Å². The standard InChI is InChI=1S/C22H22N4O3/c1-14-8-9-17(13-19(14)23-15(2)27)21-24-20(25-29-21)16-6-5-7-18(12-16)22(28)26-10-3-4-11-26/h5-9,12-13H,3-4,10-11H2,1-2H3,(H,23,27). The Morgan fingerprint density at radius 1 is 1.07 bits per heavy atom. The van der Waals surface area contributed by atoms with E-state index in [2.05, 4.69) is 15.5 Å². The molecule has 148 valence electrons. The van der Waals surface area contributed by atoms with Crippen molar-refractivity contribution in [2.24, 2.45) is 0 Å². The second-order valence-corrected chi connectivity index (χ2v) is 7.21. The molecule has 7 heteroatoms. The van der Waals surface area contributed by atoms with Crippen molar-refractivity contribution in [3.05, 3.63) is 53.6 Å². The van der Waals surface area contributed by atoms with Crippen LogP contribution in [0.1, 0.15) is 35.7 Å². The average molecular weight is 390 g/mol. The van der Waals surface area contributed by atoms with Crippen molar-refractivity contribution >= 4 is 17.5 Å². The predicted molar refractivity (Wildman–Crippen MR) is 109 cm³/mol. The van der Waals surface area contributed by atoms with Crippen molar-refractivity contribution in [3.63, 3.8) is 0 Å². The van der Waals surface area contributed by atoms with Gasteiger partial charge in [-0.2, -0.15) is 4.98 Å². The second-order valence-electron chi connectivity index (χ2n) is 7.21. The van der Waals surface area contributed by atoms with Crippen LogP contribution in [0.25, 0.3) is 22.8 Å². The first-order valence-electron chi connectivity index (χ1n) is 9.63. The van der Waals surface area contributed by atoms with E-state index in [0.717, 1.165) is 37.1 Å². The summed E-state index contributed by atoms with van der Waals surface area (Å²) in [7, 11) is 0. The molecule has 1 aromatic heterocycles. The van der Waals surface area contributed by atoms with Gasteiger partial charge in [0.1, 0.15) is 0 Å². The zero-order valence-corrected chi connectivity index (χ0v) is 16.4. The van der Waals surface area contributed by atoms with Gasteiger partial charge in [0.15, 0.2) is 0 Å². The number of anilines is 1. The molecule has 2 heterocycles. The van der Waals surface area contributed by atoms with Crippen LogP contribution in [0.15, 0.2) is 47.0 Å². The van der Waals surface area contributed by atoms with Crippen molar-refractivity contribution in [2.75, 3.05) is 18.4 Å². The lowest BCUT2D eigenvalue weighted by Crippen LogP contribution is -2.27. The molecule has 1 aliphatic heterocycles. The average Bonchev–Trinajstić information content (AvgIpc) is 3.41. The lowest BCUT2D eigenvalue weighted by Gasteiger charge is -2.15. The first kappa shape index (κ1) is 18.9. The molecule has 29 heavy (non-hydrogen) atoms. The van der Waals surface area contributed by atoms with E-state index in [0.29, 0.717) is 28.5 Å². The number of hydrogen-bond donors (Lipinski definition) is 1. The van der Waals surface area contributed by atoms with Crippen LogP contribution < -0.4 is 5.32 Å². The Hall–Kier alpha value is -3.48. The third-order valence-corrected chi connectivity index (χ3v) is 4.98.